The van der Waals surface area contributed by atoms with Gasteiger partial charge in [0.05, 0.1) is 24.2 Å². The molecule has 26 heavy (non-hydrogen) atoms. The minimum Gasteiger partial charge on any atom is -0.504 e. The molecule has 0 bridgehead atoms. The lowest BCUT2D eigenvalue weighted by Gasteiger charge is -2.09. The van der Waals surface area contributed by atoms with Crippen molar-refractivity contribution in [1.82, 2.24) is 9.66 Å². The van der Waals surface area contributed by atoms with Crippen LogP contribution in [0.1, 0.15) is 17.0 Å². The van der Waals surface area contributed by atoms with Crippen molar-refractivity contribution in [2.75, 3.05) is 7.11 Å². The van der Waals surface area contributed by atoms with Crippen molar-refractivity contribution in [3.63, 3.8) is 0 Å². The zero-order valence-corrected chi connectivity index (χ0v) is 14.6. The molecule has 2 aromatic carbocycles. The summed E-state index contributed by atoms with van der Waals surface area (Å²) in [5.41, 5.74) is 1.76. The summed E-state index contributed by atoms with van der Waals surface area (Å²) in [5.74, 6) is 0.902. The summed E-state index contributed by atoms with van der Waals surface area (Å²) in [6.45, 7) is 5.42. The molecule has 0 aliphatic heterocycles. The molecular formula is C20H19N3O3. The summed E-state index contributed by atoms with van der Waals surface area (Å²) in [5, 5.41) is 14.9. The predicted octanol–water partition coefficient (Wildman–Crippen LogP) is 3.03. The first-order valence-electron chi connectivity index (χ1n) is 8.08. The number of benzene rings is 2. The van der Waals surface area contributed by atoms with Crippen LogP contribution in [0.2, 0.25) is 0 Å². The normalized spacial score (nSPS) is 11.2. The monoisotopic (exact) mass is 349 g/mol. The van der Waals surface area contributed by atoms with E-state index in [1.807, 2.05) is 6.07 Å². The van der Waals surface area contributed by atoms with Crippen LogP contribution in [0.25, 0.3) is 10.9 Å². The third-order valence-corrected chi connectivity index (χ3v) is 4.00. The summed E-state index contributed by atoms with van der Waals surface area (Å²) in [6.07, 6.45) is 3.72. The van der Waals surface area contributed by atoms with Crippen molar-refractivity contribution in [3.05, 3.63) is 76.4 Å². The first kappa shape index (κ1) is 17.4. The Hall–Kier alpha value is -3.41. The Labute approximate surface area is 150 Å². The number of aryl methyl sites for hydroxylation is 1. The Bertz CT molecular complexity index is 1070. The highest BCUT2D eigenvalue weighted by Gasteiger charge is 2.10. The van der Waals surface area contributed by atoms with E-state index >= 15 is 0 Å². The fourth-order valence-electron chi connectivity index (χ4n) is 2.73. The number of hydrogen-bond donors (Lipinski definition) is 1. The van der Waals surface area contributed by atoms with Crippen LogP contribution in [0, 0.1) is 6.92 Å². The summed E-state index contributed by atoms with van der Waals surface area (Å²) in [7, 11) is 1.48. The highest BCUT2D eigenvalue weighted by molar-refractivity contribution is 5.82. The fraction of sp³-hybridized carbons (Fsp3) is 0.150. The molecule has 1 aromatic heterocycles. The summed E-state index contributed by atoms with van der Waals surface area (Å²) < 4.78 is 6.46. The molecule has 0 aliphatic carbocycles. The number of hydrogen-bond acceptors (Lipinski definition) is 5. The second kappa shape index (κ2) is 7.23. The second-order valence-corrected chi connectivity index (χ2v) is 5.76. The topological polar surface area (TPSA) is 76.7 Å². The minimum atomic E-state index is -0.235. The van der Waals surface area contributed by atoms with Gasteiger partial charge in [-0.15, -0.1) is 6.58 Å². The van der Waals surface area contributed by atoms with Crippen LogP contribution < -0.4 is 10.3 Å². The molecule has 0 atom stereocenters. The lowest BCUT2D eigenvalue weighted by molar-refractivity contribution is 0.371. The van der Waals surface area contributed by atoms with Gasteiger partial charge in [0.15, 0.2) is 11.5 Å². The van der Waals surface area contributed by atoms with Crippen LogP contribution >= 0.6 is 0 Å². The molecule has 132 valence electrons. The van der Waals surface area contributed by atoms with Gasteiger partial charge in [0.1, 0.15) is 5.82 Å². The van der Waals surface area contributed by atoms with Crippen LogP contribution in [0.15, 0.2) is 58.9 Å². The average Bonchev–Trinajstić information content (AvgIpc) is 2.64. The van der Waals surface area contributed by atoms with E-state index in [9.17, 15) is 9.90 Å². The Morgan fingerprint density at radius 3 is 2.85 bits per heavy atom. The molecule has 0 spiro atoms. The molecule has 1 N–H and O–H groups in total. The van der Waals surface area contributed by atoms with E-state index in [0.29, 0.717) is 40.0 Å². The Morgan fingerprint density at radius 2 is 2.12 bits per heavy atom. The number of phenolic OH excluding ortho intramolecular Hbond substituents is 1. The third kappa shape index (κ3) is 3.21. The van der Waals surface area contributed by atoms with E-state index in [1.165, 1.54) is 11.8 Å². The molecule has 0 fully saturated rings. The number of fused-ring (bicyclic) bond motifs is 1. The van der Waals surface area contributed by atoms with Gasteiger partial charge in [0.25, 0.3) is 5.56 Å². The Kier molecular flexibility index (Phi) is 4.84. The number of aromatic nitrogens is 2. The molecular weight excluding hydrogens is 330 g/mol. The van der Waals surface area contributed by atoms with Gasteiger partial charge in [0, 0.05) is 5.56 Å². The highest BCUT2D eigenvalue weighted by atomic mass is 16.5. The van der Waals surface area contributed by atoms with E-state index in [4.69, 9.17) is 4.74 Å². The Balaban J connectivity index is 2.08. The molecule has 0 radical (unpaired) electrons. The summed E-state index contributed by atoms with van der Waals surface area (Å²) in [4.78, 5) is 17.1. The van der Waals surface area contributed by atoms with Crippen LogP contribution in [-0.2, 0) is 6.42 Å². The molecule has 3 rings (SSSR count). The van der Waals surface area contributed by atoms with Crippen molar-refractivity contribution in [3.8, 4) is 11.5 Å². The van der Waals surface area contributed by atoms with E-state index in [2.05, 4.69) is 16.7 Å². The first-order chi connectivity index (χ1) is 12.5. The van der Waals surface area contributed by atoms with Gasteiger partial charge in [-0.25, -0.2) is 4.98 Å². The third-order valence-electron chi connectivity index (χ3n) is 4.00. The van der Waals surface area contributed by atoms with Crippen molar-refractivity contribution in [2.45, 2.75) is 13.3 Å². The van der Waals surface area contributed by atoms with Crippen molar-refractivity contribution < 1.29 is 9.84 Å². The number of para-hydroxylation sites is 1. The molecule has 0 amide bonds. The highest BCUT2D eigenvalue weighted by Crippen LogP contribution is 2.31. The van der Waals surface area contributed by atoms with Crippen molar-refractivity contribution in [1.29, 1.82) is 0 Å². The largest absolute Gasteiger partial charge is 0.504 e. The fourth-order valence-corrected chi connectivity index (χ4v) is 2.73. The number of rotatable bonds is 5. The molecule has 3 aromatic rings. The van der Waals surface area contributed by atoms with Crippen molar-refractivity contribution in [2.24, 2.45) is 5.10 Å². The minimum absolute atomic E-state index is 0.0743. The second-order valence-electron chi connectivity index (χ2n) is 5.76. The van der Waals surface area contributed by atoms with E-state index < -0.39 is 0 Å². The van der Waals surface area contributed by atoms with Gasteiger partial charge < -0.3 is 9.84 Å². The number of methoxy groups -OCH3 is 1. The number of ether oxygens (including phenoxy) is 1. The van der Waals surface area contributed by atoms with Gasteiger partial charge in [-0.05, 0) is 43.2 Å². The van der Waals surface area contributed by atoms with Crippen molar-refractivity contribution >= 4 is 17.1 Å². The van der Waals surface area contributed by atoms with Gasteiger partial charge in [0.2, 0.25) is 0 Å². The zero-order chi connectivity index (χ0) is 18.7. The maximum atomic E-state index is 12.6. The lowest BCUT2D eigenvalue weighted by Crippen LogP contribution is -2.20. The molecule has 0 saturated heterocycles. The SMILES string of the molecule is C=CCc1cc(/C=N\n2c(C)nc3ccccc3c2=O)cc(OC)c1O. The van der Waals surface area contributed by atoms with Gasteiger partial charge in [-0.2, -0.15) is 9.78 Å². The number of aromatic hydroxyl groups is 1. The van der Waals surface area contributed by atoms with Gasteiger partial charge in [-0.1, -0.05) is 18.2 Å². The summed E-state index contributed by atoms with van der Waals surface area (Å²) >= 11 is 0. The smallest absolute Gasteiger partial charge is 0.282 e. The average molecular weight is 349 g/mol. The number of allylic oxidation sites excluding steroid dienone is 1. The van der Waals surface area contributed by atoms with E-state index in [0.717, 1.165) is 0 Å². The molecule has 0 saturated carbocycles. The molecule has 6 nitrogen and oxygen atoms in total. The maximum absolute atomic E-state index is 12.6. The molecule has 0 unspecified atom stereocenters. The maximum Gasteiger partial charge on any atom is 0.282 e. The van der Waals surface area contributed by atoms with Crippen LogP contribution in [0.3, 0.4) is 0 Å². The number of phenols is 1. The van der Waals surface area contributed by atoms with E-state index in [1.54, 1.807) is 49.5 Å². The zero-order valence-electron chi connectivity index (χ0n) is 14.6. The standard InChI is InChI=1S/C20H19N3O3/c1-4-7-15-10-14(11-18(26-3)19(15)24)12-21-23-13(2)22-17-9-6-5-8-16(17)20(23)25/h4-6,8-12,24H,1,7H2,2-3H3/b21-12-. The predicted molar refractivity (Wildman–Crippen MR) is 102 cm³/mol. The van der Waals surface area contributed by atoms with Gasteiger partial charge >= 0.3 is 0 Å². The molecule has 0 aliphatic rings. The van der Waals surface area contributed by atoms with Crippen LogP contribution in [0.5, 0.6) is 11.5 Å². The van der Waals surface area contributed by atoms with E-state index in [-0.39, 0.29) is 11.3 Å². The summed E-state index contributed by atoms with van der Waals surface area (Å²) in [6, 6.07) is 10.6. The number of nitrogens with zero attached hydrogens (tertiary/aromatic N) is 3. The Morgan fingerprint density at radius 1 is 1.35 bits per heavy atom. The lowest BCUT2D eigenvalue weighted by atomic mass is 10.1. The van der Waals surface area contributed by atoms with Gasteiger partial charge in [-0.3, -0.25) is 4.79 Å². The quantitative estimate of drug-likeness (QED) is 0.567. The molecule has 1 heterocycles. The molecule has 6 heteroatoms. The van der Waals surface area contributed by atoms with Crippen LogP contribution in [0.4, 0.5) is 0 Å². The van der Waals surface area contributed by atoms with Crippen LogP contribution in [-0.4, -0.2) is 28.1 Å². The first-order valence-corrected chi connectivity index (χ1v) is 8.08.